The molecule has 5 nitrogen and oxygen atoms in total. The minimum absolute atomic E-state index is 0.0670. The summed E-state index contributed by atoms with van der Waals surface area (Å²) < 4.78 is 11.8. The molecule has 1 fully saturated rings. The second-order valence-electron chi connectivity index (χ2n) is 7.06. The van der Waals surface area contributed by atoms with Gasteiger partial charge in [-0.15, -0.1) is 0 Å². The van der Waals surface area contributed by atoms with Crippen LogP contribution >= 0.6 is 0 Å². The molecule has 0 spiro atoms. The summed E-state index contributed by atoms with van der Waals surface area (Å²) in [5.41, 5.74) is 0.757. The average molecular weight is 401 g/mol. The molecule has 2 rings (SSSR count). The van der Waals surface area contributed by atoms with Crippen LogP contribution < -0.4 is 0 Å². The van der Waals surface area contributed by atoms with Gasteiger partial charge in [0.2, 0.25) is 0 Å². The SMILES string of the molecule is C=C/C=C\C=C.CC1(C)OCC(C/C=C\CCC(=O)O)C(c2ccccc2O)O1. The van der Waals surface area contributed by atoms with E-state index in [1.165, 1.54) is 0 Å². The standard InChI is InChI=1S/C18H24O5.C6H8/c1-18(2)22-12-13(8-4-3-5-11-16(20)21)17(23-18)14-9-6-7-10-15(14)19;1-3-5-6-4-2/h3-4,6-7,9-10,13,17,19H,5,8,11-12H2,1-2H3,(H,20,21);3-6H,1-2H2/b4-3-;6-5-. The summed E-state index contributed by atoms with van der Waals surface area (Å²) >= 11 is 0. The lowest BCUT2D eigenvalue weighted by Crippen LogP contribution is -2.41. The van der Waals surface area contributed by atoms with E-state index in [0.29, 0.717) is 19.4 Å². The molecule has 1 heterocycles. The molecular formula is C24H32O5. The first-order valence-electron chi connectivity index (χ1n) is 9.67. The molecule has 1 aromatic rings. The largest absolute Gasteiger partial charge is 0.508 e. The lowest BCUT2D eigenvalue weighted by molar-refractivity contribution is -0.295. The lowest BCUT2D eigenvalue weighted by Gasteiger charge is -2.41. The highest BCUT2D eigenvalue weighted by molar-refractivity contribution is 5.66. The molecule has 5 heteroatoms. The Labute approximate surface area is 173 Å². The van der Waals surface area contributed by atoms with Crippen LogP contribution in [-0.4, -0.2) is 28.6 Å². The van der Waals surface area contributed by atoms with Crippen LogP contribution in [0.1, 0.15) is 44.8 Å². The normalized spacial score (nSPS) is 20.8. The van der Waals surface area contributed by atoms with Gasteiger partial charge in [0.25, 0.3) is 0 Å². The van der Waals surface area contributed by atoms with Gasteiger partial charge in [0.1, 0.15) is 5.75 Å². The Hall–Kier alpha value is -2.63. The molecule has 0 aliphatic carbocycles. The number of carboxylic acid groups (broad SMARTS) is 1. The molecule has 0 amide bonds. The molecule has 1 aromatic carbocycles. The van der Waals surface area contributed by atoms with Crippen LogP contribution in [0.25, 0.3) is 0 Å². The molecular weight excluding hydrogens is 368 g/mol. The van der Waals surface area contributed by atoms with Crippen molar-refractivity contribution in [2.75, 3.05) is 6.61 Å². The van der Waals surface area contributed by atoms with Gasteiger partial charge >= 0.3 is 5.97 Å². The van der Waals surface area contributed by atoms with Crippen molar-refractivity contribution in [1.29, 1.82) is 0 Å². The second kappa shape index (κ2) is 12.8. The average Bonchev–Trinajstić information content (AvgIpc) is 2.67. The van der Waals surface area contributed by atoms with E-state index in [2.05, 4.69) is 13.2 Å². The minimum atomic E-state index is -0.798. The van der Waals surface area contributed by atoms with Crippen molar-refractivity contribution in [1.82, 2.24) is 0 Å². The Morgan fingerprint density at radius 3 is 2.45 bits per heavy atom. The highest BCUT2D eigenvalue weighted by Gasteiger charge is 2.37. The van der Waals surface area contributed by atoms with Crippen molar-refractivity contribution in [3.8, 4) is 5.75 Å². The van der Waals surface area contributed by atoms with Crippen molar-refractivity contribution in [2.45, 2.75) is 45.0 Å². The van der Waals surface area contributed by atoms with Gasteiger partial charge in [-0.2, -0.15) is 0 Å². The number of phenolic OH excluding ortho intramolecular Hbond substituents is 1. The first kappa shape index (κ1) is 24.4. The van der Waals surface area contributed by atoms with Gasteiger partial charge in [-0.3, -0.25) is 4.79 Å². The summed E-state index contributed by atoms with van der Waals surface area (Å²) in [6.45, 7) is 11.2. The zero-order valence-electron chi connectivity index (χ0n) is 17.3. The molecule has 0 bridgehead atoms. The third kappa shape index (κ3) is 9.41. The number of allylic oxidation sites excluding steroid dienone is 6. The Bertz CT molecular complexity index is 708. The predicted molar refractivity (Wildman–Crippen MR) is 116 cm³/mol. The number of rotatable bonds is 8. The monoisotopic (exact) mass is 400 g/mol. The summed E-state index contributed by atoms with van der Waals surface area (Å²) in [6, 6.07) is 7.17. The molecule has 2 atom stereocenters. The minimum Gasteiger partial charge on any atom is -0.508 e. The third-order valence-corrected chi connectivity index (χ3v) is 4.24. The number of hydrogen-bond donors (Lipinski definition) is 2. The van der Waals surface area contributed by atoms with Gasteiger partial charge in [-0.05, 0) is 32.8 Å². The number of para-hydroxylation sites is 1. The molecule has 0 radical (unpaired) electrons. The van der Waals surface area contributed by atoms with E-state index >= 15 is 0 Å². The fourth-order valence-electron chi connectivity index (χ4n) is 2.82. The van der Waals surface area contributed by atoms with Crippen molar-refractivity contribution < 1.29 is 24.5 Å². The van der Waals surface area contributed by atoms with Gasteiger partial charge < -0.3 is 19.7 Å². The zero-order valence-corrected chi connectivity index (χ0v) is 17.3. The van der Waals surface area contributed by atoms with Crippen LogP contribution in [0, 0.1) is 5.92 Å². The number of aromatic hydroxyl groups is 1. The van der Waals surface area contributed by atoms with E-state index in [0.717, 1.165) is 5.56 Å². The van der Waals surface area contributed by atoms with Crippen LogP contribution in [0.4, 0.5) is 0 Å². The topological polar surface area (TPSA) is 76.0 Å². The number of phenols is 1. The predicted octanol–water partition coefficient (Wildman–Crippen LogP) is 5.56. The number of carboxylic acids is 1. The maximum Gasteiger partial charge on any atom is 0.303 e. The van der Waals surface area contributed by atoms with Crippen molar-refractivity contribution in [2.24, 2.45) is 5.92 Å². The van der Waals surface area contributed by atoms with E-state index in [1.54, 1.807) is 24.3 Å². The van der Waals surface area contributed by atoms with Gasteiger partial charge in [-0.25, -0.2) is 0 Å². The highest BCUT2D eigenvalue weighted by atomic mass is 16.7. The molecule has 2 N–H and O–H groups in total. The lowest BCUT2D eigenvalue weighted by atomic mass is 9.91. The zero-order chi connectivity index (χ0) is 21.7. The smallest absolute Gasteiger partial charge is 0.303 e. The number of ether oxygens (including phenoxy) is 2. The van der Waals surface area contributed by atoms with E-state index in [9.17, 15) is 9.90 Å². The maximum absolute atomic E-state index is 10.5. The number of carbonyl (C=O) groups is 1. The first-order valence-corrected chi connectivity index (χ1v) is 9.67. The number of aliphatic carboxylic acids is 1. The molecule has 2 unspecified atom stereocenters. The number of hydrogen-bond acceptors (Lipinski definition) is 4. The van der Waals surface area contributed by atoms with Crippen LogP contribution in [0.15, 0.2) is 73.9 Å². The maximum atomic E-state index is 10.5. The Morgan fingerprint density at radius 1 is 1.21 bits per heavy atom. The van der Waals surface area contributed by atoms with Crippen LogP contribution in [-0.2, 0) is 14.3 Å². The van der Waals surface area contributed by atoms with Gasteiger partial charge in [0.15, 0.2) is 5.79 Å². The van der Waals surface area contributed by atoms with Gasteiger partial charge in [0.05, 0.1) is 12.7 Å². The summed E-state index contributed by atoms with van der Waals surface area (Å²) in [5, 5.41) is 18.8. The molecule has 1 aliphatic heterocycles. The number of benzene rings is 1. The van der Waals surface area contributed by atoms with E-state index in [-0.39, 0.29) is 24.2 Å². The van der Waals surface area contributed by atoms with Gasteiger partial charge in [-0.1, -0.05) is 67.8 Å². The molecule has 29 heavy (non-hydrogen) atoms. The molecule has 158 valence electrons. The van der Waals surface area contributed by atoms with Gasteiger partial charge in [0, 0.05) is 17.9 Å². The van der Waals surface area contributed by atoms with Crippen LogP contribution in [0.3, 0.4) is 0 Å². The van der Waals surface area contributed by atoms with Crippen LogP contribution in [0.5, 0.6) is 5.75 Å². The summed E-state index contributed by atoms with van der Waals surface area (Å²) in [4.78, 5) is 10.5. The quantitative estimate of drug-likeness (QED) is 0.441. The summed E-state index contributed by atoms with van der Waals surface area (Å²) in [6.07, 6.45) is 12.0. The van der Waals surface area contributed by atoms with Crippen molar-refractivity contribution >= 4 is 5.97 Å². The highest BCUT2D eigenvalue weighted by Crippen LogP contribution is 2.41. The van der Waals surface area contributed by atoms with Crippen molar-refractivity contribution in [3.63, 3.8) is 0 Å². The fourth-order valence-corrected chi connectivity index (χ4v) is 2.82. The molecule has 1 saturated heterocycles. The molecule has 0 aromatic heterocycles. The molecule has 0 saturated carbocycles. The van der Waals surface area contributed by atoms with E-state index in [1.807, 2.05) is 50.3 Å². The fraction of sp³-hybridized carbons (Fsp3) is 0.375. The van der Waals surface area contributed by atoms with Crippen molar-refractivity contribution in [3.05, 3.63) is 79.4 Å². The van der Waals surface area contributed by atoms with Crippen LogP contribution in [0.2, 0.25) is 0 Å². The second-order valence-corrected chi connectivity index (χ2v) is 7.06. The Balaban J connectivity index is 0.000000612. The van der Waals surface area contributed by atoms with E-state index in [4.69, 9.17) is 14.6 Å². The Morgan fingerprint density at radius 2 is 1.86 bits per heavy atom. The summed E-state index contributed by atoms with van der Waals surface area (Å²) in [5.74, 6) is -1.21. The molecule has 1 aliphatic rings. The third-order valence-electron chi connectivity index (χ3n) is 4.24. The first-order chi connectivity index (χ1) is 13.8. The summed E-state index contributed by atoms with van der Waals surface area (Å²) in [7, 11) is 0. The van der Waals surface area contributed by atoms with E-state index < -0.39 is 11.8 Å². The Kier molecular flexibility index (Phi) is 10.7.